The van der Waals surface area contributed by atoms with Crippen LogP contribution in [0.2, 0.25) is 0 Å². The fourth-order valence-electron chi connectivity index (χ4n) is 2.43. The molecule has 0 spiro atoms. The molecule has 3 N–H and O–H groups in total. The fraction of sp³-hybridized carbons (Fsp3) is 0.333. The minimum atomic E-state index is -0.348. The Morgan fingerprint density at radius 3 is 2.19 bits per heavy atom. The standard InChI is InChI=1S/C18H23FN2/c1-12-6-5-7-15(16(12)19)17(21-20)13-8-10-14(11-9-13)18(2,3)4/h5-11,17,21H,20H2,1-4H3. The van der Waals surface area contributed by atoms with E-state index in [4.69, 9.17) is 5.84 Å². The zero-order valence-corrected chi connectivity index (χ0v) is 13.1. The highest BCUT2D eigenvalue weighted by Gasteiger charge is 2.19. The Labute approximate surface area is 126 Å². The van der Waals surface area contributed by atoms with Crippen molar-refractivity contribution >= 4 is 0 Å². The predicted molar refractivity (Wildman–Crippen MR) is 85.4 cm³/mol. The number of nitrogens with two attached hydrogens (primary N) is 1. The number of hydrazine groups is 1. The van der Waals surface area contributed by atoms with Gasteiger partial charge in [0.1, 0.15) is 5.82 Å². The van der Waals surface area contributed by atoms with E-state index in [1.807, 2.05) is 18.2 Å². The van der Waals surface area contributed by atoms with Gasteiger partial charge in [0, 0.05) is 5.56 Å². The van der Waals surface area contributed by atoms with E-state index in [-0.39, 0.29) is 17.3 Å². The van der Waals surface area contributed by atoms with Crippen LogP contribution in [-0.4, -0.2) is 0 Å². The van der Waals surface area contributed by atoms with Crippen molar-refractivity contribution in [3.63, 3.8) is 0 Å². The average molecular weight is 286 g/mol. The second-order valence-electron chi connectivity index (χ2n) is 6.45. The normalized spacial score (nSPS) is 13.2. The summed E-state index contributed by atoms with van der Waals surface area (Å²) in [7, 11) is 0. The molecule has 0 aliphatic carbocycles. The Morgan fingerprint density at radius 1 is 1.05 bits per heavy atom. The molecule has 21 heavy (non-hydrogen) atoms. The highest BCUT2D eigenvalue weighted by atomic mass is 19.1. The Kier molecular flexibility index (Phi) is 4.45. The van der Waals surface area contributed by atoms with Gasteiger partial charge in [0.2, 0.25) is 0 Å². The lowest BCUT2D eigenvalue weighted by Gasteiger charge is -2.22. The molecule has 2 aromatic rings. The molecule has 0 aliphatic rings. The molecule has 112 valence electrons. The van der Waals surface area contributed by atoms with Crippen LogP contribution in [-0.2, 0) is 5.41 Å². The van der Waals surface area contributed by atoms with Crippen molar-refractivity contribution in [2.45, 2.75) is 39.2 Å². The van der Waals surface area contributed by atoms with Crippen LogP contribution in [0.4, 0.5) is 4.39 Å². The first-order chi connectivity index (χ1) is 9.84. The van der Waals surface area contributed by atoms with Crippen molar-refractivity contribution in [1.82, 2.24) is 5.43 Å². The highest BCUT2D eigenvalue weighted by molar-refractivity contribution is 5.37. The van der Waals surface area contributed by atoms with E-state index in [0.717, 1.165) is 5.56 Å². The van der Waals surface area contributed by atoms with E-state index in [0.29, 0.717) is 11.1 Å². The number of rotatable bonds is 3. The molecule has 2 nitrogen and oxygen atoms in total. The molecular weight excluding hydrogens is 263 g/mol. The zero-order valence-electron chi connectivity index (χ0n) is 13.1. The second-order valence-corrected chi connectivity index (χ2v) is 6.45. The lowest BCUT2D eigenvalue weighted by Crippen LogP contribution is -2.29. The van der Waals surface area contributed by atoms with Gasteiger partial charge in [-0.15, -0.1) is 0 Å². The second kappa shape index (κ2) is 5.96. The number of hydrogen-bond acceptors (Lipinski definition) is 2. The topological polar surface area (TPSA) is 38.0 Å². The summed E-state index contributed by atoms with van der Waals surface area (Å²) in [6.45, 7) is 8.26. The van der Waals surface area contributed by atoms with E-state index in [1.165, 1.54) is 5.56 Å². The third-order valence-electron chi connectivity index (χ3n) is 3.81. The molecule has 0 amide bonds. The summed E-state index contributed by atoms with van der Waals surface area (Å²) in [6, 6.07) is 13.2. The molecule has 0 aromatic heterocycles. The summed E-state index contributed by atoms with van der Waals surface area (Å²) in [6.07, 6.45) is 0. The minimum absolute atomic E-state index is 0.0960. The fourth-order valence-corrected chi connectivity index (χ4v) is 2.43. The lowest BCUT2D eigenvalue weighted by atomic mass is 9.85. The molecule has 0 aliphatic heterocycles. The molecular formula is C18H23FN2. The van der Waals surface area contributed by atoms with Gasteiger partial charge in [-0.1, -0.05) is 63.2 Å². The average Bonchev–Trinajstić information content (AvgIpc) is 2.44. The first-order valence-electron chi connectivity index (χ1n) is 7.16. The number of hydrogen-bond donors (Lipinski definition) is 2. The molecule has 2 rings (SSSR count). The smallest absolute Gasteiger partial charge is 0.131 e. The number of halogens is 1. The van der Waals surface area contributed by atoms with Gasteiger partial charge in [-0.2, -0.15) is 0 Å². The molecule has 1 unspecified atom stereocenters. The van der Waals surface area contributed by atoms with Crippen LogP contribution in [0.5, 0.6) is 0 Å². The Morgan fingerprint density at radius 2 is 1.67 bits per heavy atom. The van der Waals surface area contributed by atoms with Crippen molar-refractivity contribution in [3.8, 4) is 0 Å². The van der Waals surface area contributed by atoms with Gasteiger partial charge in [-0.25, -0.2) is 9.82 Å². The van der Waals surface area contributed by atoms with Gasteiger partial charge in [-0.3, -0.25) is 5.84 Å². The highest BCUT2D eigenvalue weighted by Crippen LogP contribution is 2.28. The van der Waals surface area contributed by atoms with Crippen LogP contribution in [0.1, 0.15) is 49.1 Å². The van der Waals surface area contributed by atoms with Crippen molar-refractivity contribution < 1.29 is 4.39 Å². The molecule has 3 heteroatoms. The summed E-state index contributed by atoms with van der Waals surface area (Å²) in [5, 5.41) is 0. The van der Waals surface area contributed by atoms with Crippen molar-refractivity contribution in [2.75, 3.05) is 0 Å². The summed E-state index contributed by atoms with van der Waals surface area (Å²) in [5.41, 5.74) is 6.21. The van der Waals surface area contributed by atoms with Crippen LogP contribution in [0.15, 0.2) is 42.5 Å². The van der Waals surface area contributed by atoms with E-state index >= 15 is 0 Å². The third-order valence-corrected chi connectivity index (χ3v) is 3.81. The SMILES string of the molecule is Cc1cccc(C(NN)c2ccc(C(C)(C)C)cc2)c1F. The maximum Gasteiger partial charge on any atom is 0.131 e. The van der Waals surface area contributed by atoms with Crippen LogP contribution in [0.25, 0.3) is 0 Å². The van der Waals surface area contributed by atoms with Crippen LogP contribution >= 0.6 is 0 Å². The summed E-state index contributed by atoms with van der Waals surface area (Å²) in [4.78, 5) is 0. The Hall–Kier alpha value is -1.71. The predicted octanol–water partition coefficient (Wildman–Crippen LogP) is 3.98. The Balaban J connectivity index is 2.40. The molecule has 0 fully saturated rings. The van der Waals surface area contributed by atoms with E-state index in [2.05, 4.69) is 38.3 Å². The molecule has 0 radical (unpaired) electrons. The van der Waals surface area contributed by atoms with Gasteiger partial charge in [0.15, 0.2) is 0 Å². The van der Waals surface area contributed by atoms with Crippen molar-refractivity contribution in [2.24, 2.45) is 5.84 Å². The first kappa shape index (κ1) is 15.7. The molecule has 0 heterocycles. The van der Waals surface area contributed by atoms with E-state index in [1.54, 1.807) is 19.1 Å². The van der Waals surface area contributed by atoms with Gasteiger partial charge in [0.25, 0.3) is 0 Å². The molecule has 0 saturated heterocycles. The van der Waals surface area contributed by atoms with Crippen molar-refractivity contribution in [1.29, 1.82) is 0 Å². The largest absolute Gasteiger partial charge is 0.271 e. The molecule has 0 saturated carbocycles. The van der Waals surface area contributed by atoms with Crippen LogP contribution < -0.4 is 11.3 Å². The number of benzene rings is 2. The van der Waals surface area contributed by atoms with Crippen molar-refractivity contribution in [3.05, 3.63) is 70.5 Å². The molecule has 2 aromatic carbocycles. The molecule has 1 atom stereocenters. The number of nitrogens with one attached hydrogen (secondary N) is 1. The van der Waals surface area contributed by atoms with Gasteiger partial charge in [0.05, 0.1) is 6.04 Å². The van der Waals surface area contributed by atoms with E-state index < -0.39 is 0 Å². The Bertz CT molecular complexity index is 612. The maximum atomic E-state index is 14.3. The monoisotopic (exact) mass is 286 g/mol. The van der Waals surface area contributed by atoms with E-state index in [9.17, 15) is 4.39 Å². The van der Waals surface area contributed by atoms with Gasteiger partial charge in [-0.05, 0) is 29.0 Å². The third kappa shape index (κ3) is 3.31. The molecule has 0 bridgehead atoms. The van der Waals surface area contributed by atoms with Crippen LogP contribution in [0.3, 0.4) is 0 Å². The first-order valence-corrected chi connectivity index (χ1v) is 7.16. The lowest BCUT2D eigenvalue weighted by molar-refractivity contribution is 0.553. The quantitative estimate of drug-likeness (QED) is 0.661. The van der Waals surface area contributed by atoms with Gasteiger partial charge < -0.3 is 0 Å². The maximum absolute atomic E-state index is 14.3. The number of aryl methyl sites for hydroxylation is 1. The van der Waals surface area contributed by atoms with Crippen LogP contribution in [0, 0.1) is 12.7 Å². The minimum Gasteiger partial charge on any atom is -0.271 e. The zero-order chi connectivity index (χ0) is 15.6. The summed E-state index contributed by atoms with van der Waals surface area (Å²) in [5.74, 6) is 5.45. The summed E-state index contributed by atoms with van der Waals surface area (Å²) >= 11 is 0. The summed E-state index contributed by atoms with van der Waals surface area (Å²) < 4.78 is 14.3. The van der Waals surface area contributed by atoms with Gasteiger partial charge >= 0.3 is 0 Å².